The second kappa shape index (κ2) is 3.06. The molecule has 0 spiro atoms. The van der Waals surface area contributed by atoms with Gasteiger partial charge in [0.1, 0.15) is 12.6 Å². The molecule has 2 heteroatoms. The van der Waals surface area contributed by atoms with Crippen LogP contribution in [0.25, 0.3) is 0 Å². The minimum atomic E-state index is -0.456. The Morgan fingerprint density at radius 1 is 1.14 bits per heavy atom. The Hall–Kier alpha value is -0.370. The molecule has 1 N–H and O–H groups in total. The molecule has 0 aromatic rings. The molecule has 0 atom stereocenters. The average molecular weight is 196 g/mol. The van der Waals surface area contributed by atoms with Crippen molar-refractivity contribution in [3.8, 4) is 0 Å². The summed E-state index contributed by atoms with van der Waals surface area (Å²) in [6.45, 7) is 4.52. The van der Waals surface area contributed by atoms with E-state index in [0.29, 0.717) is 0 Å². The lowest BCUT2D eigenvalue weighted by Gasteiger charge is -2.21. The Balaban J connectivity index is 2.31. The van der Waals surface area contributed by atoms with Crippen LogP contribution >= 0.6 is 0 Å². The second-order valence-corrected chi connectivity index (χ2v) is 5.56. The predicted octanol–water partition coefficient (Wildman–Crippen LogP) is 1.95. The highest BCUT2D eigenvalue weighted by atomic mass is 16.3. The van der Waals surface area contributed by atoms with Crippen molar-refractivity contribution in [2.45, 2.75) is 63.5 Å². The first kappa shape index (κ1) is 10.2. The first-order valence-electron chi connectivity index (χ1n) is 5.78. The van der Waals surface area contributed by atoms with Crippen LogP contribution in [0.2, 0.25) is 0 Å². The molecule has 2 rings (SSSR count). The predicted molar refractivity (Wildman–Crippen MR) is 57.9 cm³/mol. The van der Waals surface area contributed by atoms with Crippen molar-refractivity contribution < 1.29 is 9.68 Å². The van der Waals surface area contributed by atoms with Gasteiger partial charge in [-0.05, 0) is 39.5 Å². The summed E-state index contributed by atoms with van der Waals surface area (Å²) in [5.41, 5.74) is 1.08. The minimum Gasteiger partial charge on any atom is -0.379 e. The van der Waals surface area contributed by atoms with Crippen molar-refractivity contribution in [3.63, 3.8) is 0 Å². The zero-order chi connectivity index (χ0) is 10.4. The molecule has 0 aromatic heterocycles. The molecule has 0 unspecified atom stereocenters. The maximum absolute atomic E-state index is 10.5. The van der Waals surface area contributed by atoms with Crippen LogP contribution in [0.15, 0.2) is 0 Å². The zero-order valence-corrected chi connectivity index (χ0v) is 9.64. The Bertz CT molecular complexity index is 272. The van der Waals surface area contributed by atoms with E-state index in [9.17, 15) is 5.11 Å². The molecule has 0 radical (unpaired) electrons. The van der Waals surface area contributed by atoms with E-state index in [4.69, 9.17) is 0 Å². The first-order valence-corrected chi connectivity index (χ1v) is 5.78. The van der Waals surface area contributed by atoms with Crippen molar-refractivity contribution >= 4 is 5.71 Å². The molecule has 1 fully saturated rings. The fraction of sp³-hybridized carbons (Fsp3) is 0.917. The van der Waals surface area contributed by atoms with Gasteiger partial charge in [0.05, 0.1) is 0 Å². The van der Waals surface area contributed by atoms with Crippen LogP contribution in [-0.4, -0.2) is 33.6 Å². The summed E-state index contributed by atoms with van der Waals surface area (Å²) in [6, 6.07) is 0. The Morgan fingerprint density at radius 2 is 1.71 bits per heavy atom. The van der Waals surface area contributed by atoms with E-state index in [1.807, 2.05) is 0 Å². The number of hydrogen-bond acceptors (Lipinski definition) is 1. The van der Waals surface area contributed by atoms with Crippen molar-refractivity contribution in [1.82, 2.24) is 0 Å². The number of nitrogens with zero attached hydrogens (tertiary/aromatic N) is 1. The molecule has 1 aliphatic carbocycles. The maximum Gasteiger partial charge on any atom is 0.184 e. The highest BCUT2D eigenvalue weighted by Gasteiger charge is 2.48. The summed E-state index contributed by atoms with van der Waals surface area (Å²) in [6.07, 6.45) is 6.59. The van der Waals surface area contributed by atoms with Crippen LogP contribution < -0.4 is 0 Å². The second-order valence-electron chi connectivity index (χ2n) is 5.56. The molecular formula is C12H22NO+. The third-order valence-corrected chi connectivity index (χ3v) is 4.25. The highest BCUT2D eigenvalue weighted by Crippen LogP contribution is 2.36. The highest BCUT2D eigenvalue weighted by molar-refractivity contribution is 5.89. The SMILES string of the molecule is C[N+]1=C(C2(O)CCCC2)CCC1(C)C. The van der Waals surface area contributed by atoms with Gasteiger partial charge < -0.3 is 5.11 Å². The van der Waals surface area contributed by atoms with Crippen LogP contribution in [0.3, 0.4) is 0 Å². The fourth-order valence-electron chi connectivity index (χ4n) is 2.92. The fourth-order valence-corrected chi connectivity index (χ4v) is 2.92. The molecule has 2 aliphatic rings. The molecule has 0 saturated heterocycles. The van der Waals surface area contributed by atoms with Gasteiger partial charge in [0, 0.05) is 12.8 Å². The van der Waals surface area contributed by atoms with Gasteiger partial charge in [-0.2, -0.15) is 0 Å². The molecular weight excluding hydrogens is 174 g/mol. The van der Waals surface area contributed by atoms with E-state index in [0.717, 1.165) is 19.3 Å². The smallest absolute Gasteiger partial charge is 0.184 e. The summed E-state index contributed by atoms with van der Waals surface area (Å²) in [5, 5.41) is 10.5. The third kappa shape index (κ3) is 1.40. The topological polar surface area (TPSA) is 23.2 Å². The van der Waals surface area contributed by atoms with Crippen LogP contribution in [-0.2, 0) is 0 Å². The first-order chi connectivity index (χ1) is 6.46. The average Bonchev–Trinajstić information content (AvgIpc) is 2.61. The quantitative estimate of drug-likeness (QED) is 0.637. The number of hydrogen-bond donors (Lipinski definition) is 1. The largest absolute Gasteiger partial charge is 0.379 e. The van der Waals surface area contributed by atoms with Crippen molar-refractivity contribution in [3.05, 3.63) is 0 Å². The third-order valence-electron chi connectivity index (χ3n) is 4.25. The van der Waals surface area contributed by atoms with E-state index in [2.05, 4.69) is 25.5 Å². The molecule has 0 amide bonds. The van der Waals surface area contributed by atoms with Crippen LogP contribution in [0.4, 0.5) is 0 Å². The summed E-state index contributed by atoms with van der Waals surface area (Å²) in [7, 11) is 2.14. The van der Waals surface area contributed by atoms with Gasteiger partial charge in [-0.15, -0.1) is 0 Å². The van der Waals surface area contributed by atoms with Crippen LogP contribution in [0.5, 0.6) is 0 Å². The molecule has 80 valence electrons. The van der Waals surface area contributed by atoms with Crippen molar-refractivity contribution in [2.24, 2.45) is 0 Å². The Labute approximate surface area is 86.6 Å². The molecule has 1 saturated carbocycles. The lowest BCUT2D eigenvalue weighted by molar-refractivity contribution is -0.569. The lowest BCUT2D eigenvalue weighted by atomic mass is 9.93. The summed E-state index contributed by atoms with van der Waals surface area (Å²) in [4.78, 5) is 0. The monoisotopic (exact) mass is 196 g/mol. The van der Waals surface area contributed by atoms with E-state index >= 15 is 0 Å². The standard InChI is InChI=1S/C12H22NO/c1-11(2)9-6-10(13(11)3)12(14)7-4-5-8-12/h14H,4-9H2,1-3H3/q+1. The van der Waals surface area contributed by atoms with E-state index < -0.39 is 5.60 Å². The molecule has 2 nitrogen and oxygen atoms in total. The number of aliphatic hydroxyl groups is 1. The molecule has 14 heavy (non-hydrogen) atoms. The van der Waals surface area contributed by atoms with Crippen molar-refractivity contribution in [2.75, 3.05) is 7.05 Å². The van der Waals surface area contributed by atoms with Gasteiger partial charge in [0.25, 0.3) is 0 Å². The van der Waals surface area contributed by atoms with E-state index in [1.165, 1.54) is 25.0 Å². The molecule has 0 aromatic carbocycles. The van der Waals surface area contributed by atoms with Gasteiger partial charge in [0.15, 0.2) is 11.3 Å². The van der Waals surface area contributed by atoms with Gasteiger partial charge in [0.2, 0.25) is 0 Å². The maximum atomic E-state index is 10.5. The summed E-state index contributed by atoms with van der Waals surface area (Å²) in [5.74, 6) is 0. The van der Waals surface area contributed by atoms with Crippen LogP contribution in [0, 0.1) is 0 Å². The van der Waals surface area contributed by atoms with Crippen molar-refractivity contribution in [1.29, 1.82) is 0 Å². The summed E-state index contributed by atoms with van der Waals surface area (Å²) < 4.78 is 2.32. The Morgan fingerprint density at radius 3 is 2.14 bits per heavy atom. The summed E-state index contributed by atoms with van der Waals surface area (Å²) >= 11 is 0. The van der Waals surface area contributed by atoms with Crippen LogP contribution in [0.1, 0.15) is 52.4 Å². The molecule has 1 heterocycles. The minimum absolute atomic E-state index is 0.244. The van der Waals surface area contributed by atoms with E-state index in [-0.39, 0.29) is 5.54 Å². The van der Waals surface area contributed by atoms with Gasteiger partial charge in [-0.1, -0.05) is 0 Å². The van der Waals surface area contributed by atoms with E-state index in [1.54, 1.807) is 0 Å². The zero-order valence-electron chi connectivity index (χ0n) is 9.64. The molecule has 0 bridgehead atoms. The Kier molecular flexibility index (Phi) is 2.22. The van der Waals surface area contributed by atoms with Gasteiger partial charge in [-0.25, -0.2) is 4.58 Å². The normalized spacial score (nSPS) is 30.0. The van der Waals surface area contributed by atoms with Gasteiger partial charge in [-0.3, -0.25) is 0 Å². The number of rotatable bonds is 1. The lowest BCUT2D eigenvalue weighted by Crippen LogP contribution is -2.41. The van der Waals surface area contributed by atoms with Gasteiger partial charge >= 0.3 is 0 Å². The molecule has 1 aliphatic heterocycles.